The average molecular weight is 232 g/mol. The number of hydrogen-bond donors (Lipinski definition) is 0. The minimum atomic E-state index is -0.547. The number of hydrogen-bond acceptors (Lipinski definition) is 4. The molecule has 0 bridgehead atoms. The van der Waals surface area contributed by atoms with E-state index in [1.54, 1.807) is 0 Å². The first-order valence-electron chi connectivity index (χ1n) is 4.69. The zero-order valence-corrected chi connectivity index (χ0v) is 8.68. The zero-order valence-electron chi connectivity index (χ0n) is 7.93. The van der Waals surface area contributed by atoms with Crippen molar-refractivity contribution >= 4 is 17.3 Å². The van der Waals surface area contributed by atoms with Crippen molar-refractivity contribution in [3.05, 3.63) is 21.5 Å². The van der Waals surface area contributed by atoms with E-state index in [0.717, 1.165) is 25.5 Å². The molecule has 1 unspecified atom stereocenters. The van der Waals surface area contributed by atoms with Crippen LogP contribution in [0.5, 0.6) is 0 Å². The van der Waals surface area contributed by atoms with Gasteiger partial charge in [-0.05, 0) is 19.3 Å². The van der Waals surface area contributed by atoms with Gasteiger partial charge in [0, 0.05) is 6.61 Å². The summed E-state index contributed by atoms with van der Waals surface area (Å²) in [6, 6.07) is 0. The predicted octanol–water partition coefficient (Wildman–Crippen LogP) is 2.14. The van der Waals surface area contributed by atoms with Gasteiger partial charge in [-0.2, -0.15) is 5.10 Å². The van der Waals surface area contributed by atoms with E-state index in [1.165, 1.54) is 4.68 Å². The second-order valence-electron chi connectivity index (χ2n) is 3.34. The van der Waals surface area contributed by atoms with Gasteiger partial charge >= 0.3 is 5.69 Å². The standard InChI is InChI=1S/C8H10ClN3O3/c9-8-6(12(13)14)5-10-11(8)7-3-1-2-4-15-7/h5,7H,1-4H2. The lowest BCUT2D eigenvalue weighted by molar-refractivity contribution is -0.384. The lowest BCUT2D eigenvalue weighted by atomic mass is 10.2. The van der Waals surface area contributed by atoms with Gasteiger partial charge in [-0.15, -0.1) is 0 Å². The lowest BCUT2D eigenvalue weighted by Gasteiger charge is -2.22. The summed E-state index contributed by atoms with van der Waals surface area (Å²) in [6.07, 6.45) is 3.71. The summed E-state index contributed by atoms with van der Waals surface area (Å²) >= 11 is 5.83. The molecule has 1 aromatic rings. The Balaban J connectivity index is 2.24. The fourth-order valence-electron chi connectivity index (χ4n) is 1.58. The van der Waals surface area contributed by atoms with Gasteiger partial charge in [-0.25, -0.2) is 4.68 Å². The molecule has 1 saturated heterocycles. The largest absolute Gasteiger partial charge is 0.356 e. The molecule has 1 aliphatic heterocycles. The molecule has 2 heterocycles. The molecule has 7 heteroatoms. The Morgan fingerprint density at radius 1 is 1.67 bits per heavy atom. The topological polar surface area (TPSA) is 70.2 Å². The van der Waals surface area contributed by atoms with Gasteiger partial charge in [0.1, 0.15) is 6.20 Å². The molecule has 1 aromatic heterocycles. The summed E-state index contributed by atoms with van der Waals surface area (Å²) in [6.45, 7) is 0.647. The molecule has 0 spiro atoms. The fourth-order valence-corrected chi connectivity index (χ4v) is 1.85. The Hall–Kier alpha value is -1.14. The molecule has 0 aliphatic carbocycles. The molecule has 0 amide bonds. The first-order chi connectivity index (χ1) is 7.20. The summed E-state index contributed by atoms with van der Waals surface area (Å²) < 4.78 is 6.81. The van der Waals surface area contributed by atoms with Crippen LogP contribution in [0, 0.1) is 10.1 Å². The molecular formula is C8H10ClN3O3. The van der Waals surface area contributed by atoms with Crippen molar-refractivity contribution < 1.29 is 9.66 Å². The Morgan fingerprint density at radius 3 is 3.00 bits per heavy atom. The molecule has 0 saturated carbocycles. The van der Waals surface area contributed by atoms with Crippen molar-refractivity contribution in [3.63, 3.8) is 0 Å². The van der Waals surface area contributed by atoms with Crippen molar-refractivity contribution in [3.8, 4) is 0 Å². The van der Waals surface area contributed by atoms with Gasteiger partial charge in [-0.1, -0.05) is 11.6 Å². The molecule has 0 aromatic carbocycles. The van der Waals surface area contributed by atoms with E-state index in [-0.39, 0.29) is 17.1 Å². The summed E-state index contributed by atoms with van der Waals surface area (Å²) in [7, 11) is 0. The van der Waals surface area contributed by atoms with Crippen LogP contribution >= 0.6 is 11.6 Å². The SMILES string of the molecule is O=[N+]([O-])c1cnn(C2CCCCO2)c1Cl. The van der Waals surface area contributed by atoms with Gasteiger partial charge < -0.3 is 4.74 Å². The van der Waals surface area contributed by atoms with Crippen LogP contribution in [0.4, 0.5) is 5.69 Å². The van der Waals surface area contributed by atoms with Gasteiger partial charge in [0.15, 0.2) is 6.23 Å². The summed E-state index contributed by atoms with van der Waals surface area (Å²) in [5, 5.41) is 14.5. The van der Waals surface area contributed by atoms with Crippen LogP contribution in [0.15, 0.2) is 6.20 Å². The minimum Gasteiger partial charge on any atom is -0.356 e. The van der Waals surface area contributed by atoms with E-state index in [0.29, 0.717) is 6.61 Å². The number of aromatic nitrogens is 2. The minimum absolute atomic E-state index is 0.0342. The van der Waals surface area contributed by atoms with Crippen LogP contribution < -0.4 is 0 Å². The third-order valence-corrected chi connectivity index (χ3v) is 2.71. The van der Waals surface area contributed by atoms with Gasteiger partial charge in [-0.3, -0.25) is 10.1 Å². The Labute approximate surface area is 90.9 Å². The summed E-state index contributed by atoms with van der Waals surface area (Å²) in [5.74, 6) is 0. The van der Waals surface area contributed by atoms with Crippen LogP contribution in [0.2, 0.25) is 5.15 Å². The van der Waals surface area contributed by atoms with Crippen molar-refractivity contribution in [2.45, 2.75) is 25.5 Å². The van der Waals surface area contributed by atoms with Crippen LogP contribution in [0.25, 0.3) is 0 Å². The maximum atomic E-state index is 10.5. The predicted molar refractivity (Wildman–Crippen MR) is 52.7 cm³/mol. The zero-order chi connectivity index (χ0) is 10.8. The first-order valence-corrected chi connectivity index (χ1v) is 5.07. The highest BCUT2D eigenvalue weighted by Crippen LogP contribution is 2.30. The van der Waals surface area contributed by atoms with E-state index < -0.39 is 4.92 Å². The molecule has 82 valence electrons. The van der Waals surface area contributed by atoms with E-state index in [2.05, 4.69) is 5.10 Å². The smallest absolute Gasteiger partial charge is 0.325 e. The van der Waals surface area contributed by atoms with Crippen molar-refractivity contribution in [2.24, 2.45) is 0 Å². The Morgan fingerprint density at radius 2 is 2.47 bits per heavy atom. The number of nitro groups is 1. The second-order valence-corrected chi connectivity index (χ2v) is 3.70. The third kappa shape index (κ3) is 1.95. The van der Waals surface area contributed by atoms with Crippen molar-refractivity contribution in [1.82, 2.24) is 9.78 Å². The highest BCUT2D eigenvalue weighted by molar-refractivity contribution is 6.31. The molecule has 15 heavy (non-hydrogen) atoms. The average Bonchev–Trinajstić information content (AvgIpc) is 2.61. The number of halogens is 1. The molecular weight excluding hydrogens is 222 g/mol. The highest BCUT2D eigenvalue weighted by atomic mass is 35.5. The highest BCUT2D eigenvalue weighted by Gasteiger charge is 2.25. The number of nitrogens with zero attached hydrogens (tertiary/aromatic N) is 3. The van der Waals surface area contributed by atoms with Crippen molar-refractivity contribution in [1.29, 1.82) is 0 Å². The van der Waals surface area contributed by atoms with Crippen LogP contribution in [-0.2, 0) is 4.74 Å². The number of rotatable bonds is 2. The van der Waals surface area contributed by atoms with Gasteiger partial charge in [0.2, 0.25) is 5.15 Å². The van der Waals surface area contributed by atoms with Gasteiger partial charge in [0.25, 0.3) is 0 Å². The third-order valence-electron chi connectivity index (χ3n) is 2.34. The van der Waals surface area contributed by atoms with Crippen molar-refractivity contribution in [2.75, 3.05) is 6.61 Å². The fraction of sp³-hybridized carbons (Fsp3) is 0.625. The first kappa shape index (κ1) is 10.4. The molecule has 1 atom stereocenters. The maximum Gasteiger partial charge on any atom is 0.325 e. The Bertz CT molecular complexity index is 373. The van der Waals surface area contributed by atoms with E-state index in [4.69, 9.17) is 16.3 Å². The summed E-state index contributed by atoms with van der Waals surface area (Å²) in [5.41, 5.74) is -0.175. The molecule has 0 radical (unpaired) electrons. The quantitative estimate of drug-likeness (QED) is 0.578. The second kappa shape index (κ2) is 4.16. The number of ether oxygens (including phenoxy) is 1. The molecule has 1 fully saturated rings. The molecule has 2 rings (SSSR count). The lowest BCUT2D eigenvalue weighted by Crippen LogP contribution is -2.19. The van der Waals surface area contributed by atoms with E-state index >= 15 is 0 Å². The van der Waals surface area contributed by atoms with Crippen LogP contribution in [-0.4, -0.2) is 21.3 Å². The van der Waals surface area contributed by atoms with Crippen LogP contribution in [0.1, 0.15) is 25.5 Å². The molecule has 1 aliphatic rings. The van der Waals surface area contributed by atoms with E-state index in [9.17, 15) is 10.1 Å². The maximum absolute atomic E-state index is 10.5. The molecule has 0 N–H and O–H groups in total. The Kier molecular flexibility index (Phi) is 2.88. The van der Waals surface area contributed by atoms with Gasteiger partial charge in [0.05, 0.1) is 4.92 Å². The summed E-state index contributed by atoms with van der Waals surface area (Å²) in [4.78, 5) is 10.00. The van der Waals surface area contributed by atoms with Crippen LogP contribution in [0.3, 0.4) is 0 Å². The monoisotopic (exact) mass is 231 g/mol. The molecule has 6 nitrogen and oxygen atoms in total. The van der Waals surface area contributed by atoms with E-state index in [1.807, 2.05) is 0 Å². The normalized spacial score (nSPS) is 21.5.